The Kier molecular flexibility index (Phi) is 6.31. The first-order valence-corrected chi connectivity index (χ1v) is 4.74. The Hall–Kier alpha value is 0.506. The Morgan fingerprint density at radius 2 is 1.69 bits per heavy atom. The summed E-state index contributed by atoms with van der Waals surface area (Å²) >= 11 is 0. The Balaban J connectivity index is 0.00000144. The van der Waals surface area contributed by atoms with Gasteiger partial charge in [-0.1, -0.05) is 30.3 Å². The van der Waals surface area contributed by atoms with Crippen LogP contribution in [0.25, 0.3) is 6.08 Å². The fourth-order valence-electron chi connectivity index (χ4n) is 0.726. The van der Waals surface area contributed by atoms with Crippen molar-refractivity contribution in [2.45, 2.75) is 0 Å². The van der Waals surface area contributed by atoms with Crippen LogP contribution in [-0.4, -0.2) is 13.0 Å². The zero-order valence-corrected chi connectivity index (χ0v) is 11.1. The van der Waals surface area contributed by atoms with Gasteiger partial charge >= 0.3 is 51.4 Å². The Morgan fingerprint density at radius 3 is 2.15 bits per heavy atom. The van der Waals surface area contributed by atoms with Crippen LogP contribution in [0.15, 0.2) is 35.7 Å². The second-order valence-corrected chi connectivity index (χ2v) is 3.46. The predicted octanol–water partition coefficient (Wildman–Crippen LogP) is -1.79. The molecule has 0 unspecified atom stereocenters. The molecule has 5 heteroatoms. The third-order valence-corrected chi connectivity index (χ3v) is 1.70. The van der Waals surface area contributed by atoms with E-state index in [-0.39, 0.29) is 51.4 Å². The summed E-state index contributed by atoms with van der Waals surface area (Å²) in [5.41, 5.74) is 0.692. The molecule has 13 heavy (non-hydrogen) atoms. The van der Waals surface area contributed by atoms with E-state index in [1.54, 1.807) is 24.3 Å². The average Bonchev–Trinajstić information content (AvgIpc) is 2.02. The van der Waals surface area contributed by atoms with Crippen molar-refractivity contribution in [1.29, 1.82) is 0 Å². The molecule has 0 atom stereocenters. The predicted molar refractivity (Wildman–Crippen MR) is 45.2 cm³/mol. The molecule has 0 aromatic heterocycles. The van der Waals surface area contributed by atoms with E-state index < -0.39 is 10.1 Å². The van der Waals surface area contributed by atoms with E-state index in [1.807, 2.05) is 6.07 Å². The van der Waals surface area contributed by atoms with Gasteiger partial charge in [-0.15, -0.1) is 0 Å². The Morgan fingerprint density at radius 1 is 1.15 bits per heavy atom. The van der Waals surface area contributed by atoms with Crippen LogP contribution in [0, 0.1) is 0 Å². The van der Waals surface area contributed by atoms with Crippen LogP contribution in [0.4, 0.5) is 0 Å². The van der Waals surface area contributed by atoms with Gasteiger partial charge in [0, 0.05) is 5.41 Å². The molecule has 0 bridgehead atoms. The van der Waals surface area contributed by atoms with Crippen molar-refractivity contribution in [1.82, 2.24) is 0 Å². The third kappa shape index (κ3) is 6.56. The van der Waals surface area contributed by atoms with Crippen LogP contribution in [0.3, 0.4) is 0 Å². The first-order valence-electron chi connectivity index (χ1n) is 3.27. The molecule has 0 aliphatic heterocycles. The standard InChI is InChI=1S/C8H8O3S.K/c9-12(10,11)7-6-8-4-2-1-3-5-8;/h1-7H,(H,9,10,11);/q;+1/p-1. The molecular weight excluding hydrogens is 215 g/mol. The number of rotatable bonds is 2. The Bertz CT molecular complexity index is 370. The van der Waals surface area contributed by atoms with Crippen molar-refractivity contribution in [3.63, 3.8) is 0 Å². The molecule has 0 N–H and O–H groups in total. The van der Waals surface area contributed by atoms with Gasteiger partial charge in [0.25, 0.3) is 0 Å². The third-order valence-electron chi connectivity index (χ3n) is 1.23. The van der Waals surface area contributed by atoms with Crippen molar-refractivity contribution >= 4 is 16.2 Å². The second kappa shape index (κ2) is 6.08. The summed E-state index contributed by atoms with van der Waals surface area (Å²) in [4.78, 5) is 0. The molecule has 0 fully saturated rings. The van der Waals surface area contributed by atoms with Crippen LogP contribution in [0.5, 0.6) is 0 Å². The molecule has 0 saturated heterocycles. The molecule has 0 radical (unpaired) electrons. The molecule has 0 amide bonds. The van der Waals surface area contributed by atoms with E-state index in [4.69, 9.17) is 0 Å². The molecular formula is C8H7KO3S. The molecule has 0 heterocycles. The monoisotopic (exact) mass is 222 g/mol. The minimum Gasteiger partial charge on any atom is -0.744 e. The van der Waals surface area contributed by atoms with Gasteiger partial charge in [-0.25, -0.2) is 8.42 Å². The largest absolute Gasteiger partial charge is 1.00 e. The zero-order valence-electron chi connectivity index (χ0n) is 7.17. The molecule has 64 valence electrons. The first kappa shape index (κ1) is 13.5. The quantitative estimate of drug-likeness (QED) is 0.438. The van der Waals surface area contributed by atoms with Crippen molar-refractivity contribution in [3.05, 3.63) is 41.3 Å². The smallest absolute Gasteiger partial charge is 0.744 e. The second-order valence-electron chi connectivity index (χ2n) is 2.21. The zero-order chi connectivity index (χ0) is 9.03. The van der Waals surface area contributed by atoms with Crippen molar-refractivity contribution in [2.75, 3.05) is 0 Å². The van der Waals surface area contributed by atoms with E-state index in [9.17, 15) is 13.0 Å². The number of hydrogen-bond donors (Lipinski definition) is 0. The maximum Gasteiger partial charge on any atom is 1.00 e. The van der Waals surface area contributed by atoms with Gasteiger partial charge in [-0.2, -0.15) is 0 Å². The van der Waals surface area contributed by atoms with Crippen LogP contribution < -0.4 is 51.4 Å². The summed E-state index contributed by atoms with van der Waals surface area (Å²) in [7, 11) is -4.25. The van der Waals surface area contributed by atoms with Gasteiger partial charge in [0.1, 0.15) is 10.1 Å². The topological polar surface area (TPSA) is 57.2 Å². The summed E-state index contributed by atoms with van der Waals surface area (Å²) in [6.45, 7) is 0. The Labute approximate surface area is 120 Å². The summed E-state index contributed by atoms with van der Waals surface area (Å²) in [6, 6.07) is 8.75. The van der Waals surface area contributed by atoms with Crippen LogP contribution >= 0.6 is 0 Å². The molecule has 0 aliphatic rings. The molecule has 0 saturated carbocycles. The fourth-order valence-corrected chi connectivity index (χ4v) is 1.05. The van der Waals surface area contributed by atoms with E-state index in [2.05, 4.69) is 0 Å². The van der Waals surface area contributed by atoms with E-state index >= 15 is 0 Å². The van der Waals surface area contributed by atoms with Crippen LogP contribution in [0.2, 0.25) is 0 Å². The van der Waals surface area contributed by atoms with Crippen molar-refractivity contribution < 1.29 is 64.4 Å². The summed E-state index contributed by atoms with van der Waals surface area (Å²) in [6.07, 6.45) is 1.27. The van der Waals surface area contributed by atoms with Gasteiger partial charge in [0.2, 0.25) is 0 Å². The summed E-state index contributed by atoms with van der Waals surface area (Å²) in [5.74, 6) is 0. The van der Waals surface area contributed by atoms with Gasteiger partial charge in [0.05, 0.1) is 0 Å². The molecule has 1 rings (SSSR count). The number of hydrogen-bond acceptors (Lipinski definition) is 3. The number of benzene rings is 1. The minimum absolute atomic E-state index is 0. The normalized spacial score (nSPS) is 11.2. The first-order chi connectivity index (χ1) is 5.58. The van der Waals surface area contributed by atoms with Gasteiger partial charge in [0.15, 0.2) is 0 Å². The molecule has 0 spiro atoms. The average molecular weight is 222 g/mol. The molecule has 1 aromatic carbocycles. The molecule has 1 aromatic rings. The molecule has 3 nitrogen and oxygen atoms in total. The van der Waals surface area contributed by atoms with E-state index in [0.29, 0.717) is 11.0 Å². The SMILES string of the molecule is O=S(=O)([O-])C=Cc1ccccc1.[K+]. The molecule has 0 aliphatic carbocycles. The minimum atomic E-state index is -4.25. The van der Waals surface area contributed by atoms with Crippen LogP contribution in [0.1, 0.15) is 5.56 Å². The van der Waals surface area contributed by atoms with Crippen molar-refractivity contribution in [3.8, 4) is 0 Å². The van der Waals surface area contributed by atoms with Crippen molar-refractivity contribution in [2.24, 2.45) is 0 Å². The summed E-state index contributed by atoms with van der Waals surface area (Å²) < 4.78 is 30.5. The van der Waals surface area contributed by atoms with Gasteiger partial charge < -0.3 is 4.55 Å². The van der Waals surface area contributed by atoms with E-state index in [0.717, 1.165) is 0 Å². The van der Waals surface area contributed by atoms with Gasteiger partial charge in [-0.3, -0.25) is 0 Å². The fraction of sp³-hybridized carbons (Fsp3) is 0. The summed E-state index contributed by atoms with van der Waals surface area (Å²) in [5, 5.41) is 0.641. The van der Waals surface area contributed by atoms with Crippen LogP contribution in [-0.2, 0) is 10.1 Å². The maximum atomic E-state index is 10.2. The van der Waals surface area contributed by atoms with Gasteiger partial charge in [-0.05, 0) is 11.6 Å². The maximum absolute atomic E-state index is 10.2. The van der Waals surface area contributed by atoms with E-state index in [1.165, 1.54) is 6.08 Å².